The Labute approximate surface area is 132 Å². The maximum atomic E-state index is 11.7. The quantitative estimate of drug-likeness (QED) is 0.856. The van der Waals surface area contributed by atoms with Crippen LogP contribution in [-0.2, 0) is 11.2 Å². The number of halogens is 1. The summed E-state index contributed by atoms with van der Waals surface area (Å²) in [5, 5.41) is 12.8. The second-order valence-electron chi connectivity index (χ2n) is 4.87. The molecule has 0 fully saturated rings. The van der Waals surface area contributed by atoms with Crippen molar-refractivity contribution in [2.75, 3.05) is 5.32 Å². The number of nitrogens with zero attached hydrogens (tertiary/aromatic N) is 2. The summed E-state index contributed by atoms with van der Waals surface area (Å²) >= 11 is 7.31. The second-order valence-corrected chi connectivity index (χ2v) is 6.37. The Hall–Kier alpha value is -1.50. The molecule has 1 aromatic carbocycles. The van der Waals surface area contributed by atoms with E-state index in [1.165, 1.54) is 11.3 Å². The molecule has 0 bridgehead atoms. The molecule has 1 aromatic heterocycles. The van der Waals surface area contributed by atoms with E-state index >= 15 is 0 Å². The number of hydrogen-bond donors (Lipinski definition) is 2. The number of aromatic nitrogens is 2. The van der Waals surface area contributed by atoms with E-state index in [4.69, 9.17) is 17.3 Å². The predicted molar refractivity (Wildman–Crippen MR) is 85.7 cm³/mol. The second kappa shape index (κ2) is 7.49. The van der Waals surface area contributed by atoms with E-state index in [2.05, 4.69) is 15.5 Å². The van der Waals surface area contributed by atoms with E-state index < -0.39 is 0 Å². The third-order valence-electron chi connectivity index (χ3n) is 2.78. The number of carbonyl (C=O) groups excluding carboxylic acids is 1. The average molecular weight is 325 g/mol. The molecule has 0 aliphatic heterocycles. The Morgan fingerprint density at radius 3 is 3.00 bits per heavy atom. The van der Waals surface area contributed by atoms with Gasteiger partial charge in [0.15, 0.2) is 0 Å². The lowest BCUT2D eigenvalue weighted by Crippen LogP contribution is -2.19. The molecule has 1 unspecified atom stereocenters. The third-order valence-corrected chi connectivity index (χ3v) is 3.86. The molecule has 0 aliphatic carbocycles. The van der Waals surface area contributed by atoms with Crippen molar-refractivity contribution in [2.45, 2.75) is 32.2 Å². The Kier molecular flexibility index (Phi) is 5.67. The van der Waals surface area contributed by atoms with Crippen LogP contribution in [0.5, 0.6) is 0 Å². The standard InChI is InChI=1S/C14H17ClN4OS/c1-9(16)5-6-12(20)17-14-19-18-13(21-14)8-10-3-2-4-11(15)7-10/h2-4,7,9H,5-6,8,16H2,1H3,(H,17,19,20). The van der Waals surface area contributed by atoms with Gasteiger partial charge in [-0.15, -0.1) is 10.2 Å². The van der Waals surface area contributed by atoms with Gasteiger partial charge in [-0.2, -0.15) is 0 Å². The van der Waals surface area contributed by atoms with Crippen LogP contribution < -0.4 is 11.1 Å². The zero-order valence-electron chi connectivity index (χ0n) is 11.7. The number of benzene rings is 1. The fourth-order valence-electron chi connectivity index (χ4n) is 1.74. The molecule has 2 aromatic rings. The molecule has 5 nitrogen and oxygen atoms in total. The van der Waals surface area contributed by atoms with Gasteiger partial charge in [-0.25, -0.2) is 0 Å². The minimum absolute atomic E-state index is 0.0172. The molecule has 0 saturated heterocycles. The molecule has 0 saturated carbocycles. The van der Waals surface area contributed by atoms with Crippen LogP contribution in [-0.4, -0.2) is 22.1 Å². The molecule has 0 spiro atoms. The topological polar surface area (TPSA) is 80.9 Å². The van der Waals surface area contributed by atoms with Gasteiger partial charge in [0.05, 0.1) is 0 Å². The van der Waals surface area contributed by atoms with Crippen LogP contribution in [0.1, 0.15) is 30.3 Å². The fourth-order valence-corrected chi connectivity index (χ4v) is 2.74. The minimum Gasteiger partial charge on any atom is -0.328 e. The zero-order chi connectivity index (χ0) is 15.2. The van der Waals surface area contributed by atoms with Crippen molar-refractivity contribution in [2.24, 2.45) is 5.73 Å². The zero-order valence-corrected chi connectivity index (χ0v) is 13.2. The summed E-state index contributed by atoms with van der Waals surface area (Å²) in [7, 11) is 0. The number of amides is 1. The van der Waals surface area contributed by atoms with E-state index in [9.17, 15) is 4.79 Å². The smallest absolute Gasteiger partial charge is 0.226 e. The highest BCUT2D eigenvalue weighted by molar-refractivity contribution is 7.15. The van der Waals surface area contributed by atoms with Gasteiger partial charge in [-0.05, 0) is 31.0 Å². The first-order valence-corrected chi connectivity index (χ1v) is 7.84. The Bertz CT molecular complexity index is 615. The number of carbonyl (C=O) groups is 1. The molecule has 112 valence electrons. The maximum Gasteiger partial charge on any atom is 0.226 e. The van der Waals surface area contributed by atoms with Crippen molar-refractivity contribution in [3.8, 4) is 0 Å². The summed E-state index contributed by atoms with van der Waals surface area (Å²) in [5.41, 5.74) is 6.68. The van der Waals surface area contributed by atoms with Crippen molar-refractivity contribution in [1.29, 1.82) is 0 Å². The average Bonchev–Trinajstić information content (AvgIpc) is 2.83. The highest BCUT2D eigenvalue weighted by Crippen LogP contribution is 2.20. The molecule has 1 amide bonds. The summed E-state index contributed by atoms with van der Waals surface area (Å²) in [6, 6.07) is 7.62. The molecule has 0 radical (unpaired) electrons. The van der Waals surface area contributed by atoms with Gasteiger partial charge < -0.3 is 11.1 Å². The Morgan fingerprint density at radius 1 is 1.48 bits per heavy atom. The SMILES string of the molecule is CC(N)CCC(=O)Nc1nnc(Cc2cccc(Cl)c2)s1. The molecule has 21 heavy (non-hydrogen) atoms. The summed E-state index contributed by atoms with van der Waals surface area (Å²) < 4.78 is 0. The summed E-state index contributed by atoms with van der Waals surface area (Å²) in [4.78, 5) is 11.7. The fraction of sp³-hybridized carbons (Fsp3) is 0.357. The van der Waals surface area contributed by atoms with Crippen LogP contribution in [0.2, 0.25) is 5.02 Å². The number of nitrogens with one attached hydrogen (secondary N) is 1. The highest BCUT2D eigenvalue weighted by Gasteiger charge is 2.09. The van der Waals surface area contributed by atoms with Gasteiger partial charge >= 0.3 is 0 Å². The predicted octanol–water partition coefficient (Wildman–Crippen LogP) is 2.85. The van der Waals surface area contributed by atoms with Crippen LogP contribution in [0.15, 0.2) is 24.3 Å². The Balaban J connectivity index is 1.91. The van der Waals surface area contributed by atoms with Crippen molar-refractivity contribution in [3.05, 3.63) is 39.9 Å². The lowest BCUT2D eigenvalue weighted by atomic mass is 10.2. The van der Waals surface area contributed by atoms with Crippen LogP contribution >= 0.6 is 22.9 Å². The van der Waals surface area contributed by atoms with Crippen LogP contribution in [0, 0.1) is 0 Å². The molecule has 3 N–H and O–H groups in total. The molecule has 1 atom stereocenters. The number of hydrogen-bond acceptors (Lipinski definition) is 5. The minimum atomic E-state index is -0.0854. The van der Waals surface area contributed by atoms with Gasteiger partial charge in [0.2, 0.25) is 11.0 Å². The van der Waals surface area contributed by atoms with Gasteiger partial charge in [-0.1, -0.05) is 35.1 Å². The monoisotopic (exact) mass is 324 g/mol. The summed E-state index contributed by atoms with van der Waals surface area (Å²) in [6.45, 7) is 1.88. The van der Waals surface area contributed by atoms with Crippen molar-refractivity contribution < 1.29 is 4.79 Å². The van der Waals surface area contributed by atoms with Gasteiger partial charge in [-0.3, -0.25) is 4.79 Å². The van der Waals surface area contributed by atoms with Crippen LogP contribution in [0.25, 0.3) is 0 Å². The van der Waals surface area contributed by atoms with Gasteiger partial charge in [0, 0.05) is 23.9 Å². The highest BCUT2D eigenvalue weighted by atomic mass is 35.5. The van der Waals surface area contributed by atoms with E-state index in [0.29, 0.717) is 29.4 Å². The van der Waals surface area contributed by atoms with E-state index in [-0.39, 0.29) is 11.9 Å². The summed E-state index contributed by atoms with van der Waals surface area (Å²) in [6.07, 6.45) is 1.69. The normalized spacial score (nSPS) is 12.1. The van der Waals surface area contributed by atoms with E-state index in [1.54, 1.807) is 0 Å². The molecule has 2 rings (SSSR count). The van der Waals surface area contributed by atoms with Crippen molar-refractivity contribution >= 4 is 34.0 Å². The van der Waals surface area contributed by atoms with Gasteiger partial charge in [0.25, 0.3) is 0 Å². The lowest BCUT2D eigenvalue weighted by Gasteiger charge is -2.03. The maximum absolute atomic E-state index is 11.7. The van der Waals surface area contributed by atoms with E-state index in [0.717, 1.165) is 10.6 Å². The number of rotatable bonds is 6. The van der Waals surface area contributed by atoms with Gasteiger partial charge in [0.1, 0.15) is 5.01 Å². The lowest BCUT2D eigenvalue weighted by molar-refractivity contribution is -0.116. The third kappa shape index (κ3) is 5.41. The molecule has 1 heterocycles. The van der Waals surface area contributed by atoms with Crippen molar-refractivity contribution in [3.63, 3.8) is 0 Å². The first kappa shape index (κ1) is 15.9. The first-order chi connectivity index (χ1) is 10.0. The molecular formula is C14H17ClN4OS. The van der Waals surface area contributed by atoms with Crippen LogP contribution in [0.3, 0.4) is 0 Å². The molecule has 7 heteroatoms. The van der Waals surface area contributed by atoms with E-state index in [1.807, 2.05) is 31.2 Å². The molecular weight excluding hydrogens is 308 g/mol. The van der Waals surface area contributed by atoms with Crippen LogP contribution in [0.4, 0.5) is 5.13 Å². The summed E-state index contributed by atoms with van der Waals surface area (Å²) in [5.74, 6) is -0.0854. The first-order valence-electron chi connectivity index (χ1n) is 6.65. The Morgan fingerprint density at radius 2 is 2.29 bits per heavy atom. The largest absolute Gasteiger partial charge is 0.328 e. The number of nitrogens with two attached hydrogens (primary N) is 1. The number of anilines is 1. The van der Waals surface area contributed by atoms with Crippen molar-refractivity contribution in [1.82, 2.24) is 10.2 Å². The molecule has 0 aliphatic rings.